The first-order valence-electron chi connectivity index (χ1n) is 4.76. The second-order valence-corrected chi connectivity index (χ2v) is 3.44. The summed E-state index contributed by atoms with van der Waals surface area (Å²) in [5.74, 6) is -0.196. The summed E-state index contributed by atoms with van der Waals surface area (Å²) in [7, 11) is 1.96. The van der Waals surface area contributed by atoms with Crippen LogP contribution >= 0.6 is 0 Å². The van der Waals surface area contributed by atoms with Crippen molar-refractivity contribution in [3.8, 4) is 0 Å². The highest BCUT2D eigenvalue weighted by Gasteiger charge is 2.00. The zero-order valence-electron chi connectivity index (χ0n) is 8.41. The number of hydrogen-bond acceptors (Lipinski definition) is 2. The van der Waals surface area contributed by atoms with Crippen LogP contribution in [0.15, 0.2) is 24.3 Å². The molecule has 0 aliphatic rings. The van der Waals surface area contributed by atoms with Crippen LogP contribution in [-0.2, 0) is 6.54 Å². The Morgan fingerprint density at radius 2 is 2.21 bits per heavy atom. The van der Waals surface area contributed by atoms with Crippen molar-refractivity contribution in [2.24, 2.45) is 0 Å². The fourth-order valence-corrected chi connectivity index (χ4v) is 1.37. The average molecular weight is 197 g/mol. The number of hydrogen-bond donors (Lipinski definition) is 1. The van der Waals surface area contributed by atoms with E-state index in [9.17, 15) is 4.39 Å². The van der Waals surface area contributed by atoms with Crippen molar-refractivity contribution >= 4 is 0 Å². The Labute approximate surface area is 84.0 Å². The van der Waals surface area contributed by atoms with Gasteiger partial charge in [0, 0.05) is 19.7 Å². The molecule has 3 heteroatoms. The second kappa shape index (κ2) is 5.73. The van der Waals surface area contributed by atoms with E-state index in [-0.39, 0.29) is 12.4 Å². The van der Waals surface area contributed by atoms with Crippen molar-refractivity contribution < 1.29 is 9.50 Å². The quantitative estimate of drug-likeness (QED) is 0.775. The maximum absolute atomic E-state index is 12.8. The molecule has 1 rings (SSSR count). The molecule has 0 aliphatic carbocycles. The molecule has 0 heterocycles. The van der Waals surface area contributed by atoms with Crippen LogP contribution in [0.4, 0.5) is 4.39 Å². The molecule has 0 saturated heterocycles. The van der Waals surface area contributed by atoms with Gasteiger partial charge in [0.25, 0.3) is 0 Å². The molecule has 78 valence electrons. The van der Waals surface area contributed by atoms with Crippen LogP contribution in [0, 0.1) is 5.82 Å². The monoisotopic (exact) mass is 197 g/mol. The number of aliphatic hydroxyl groups is 1. The van der Waals surface area contributed by atoms with Gasteiger partial charge in [0.1, 0.15) is 5.82 Å². The predicted octanol–water partition coefficient (Wildman–Crippen LogP) is 1.64. The van der Waals surface area contributed by atoms with Gasteiger partial charge in [-0.15, -0.1) is 0 Å². The van der Waals surface area contributed by atoms with Crippen LogP contribution in [0.5, 0.6) is 0 Å². The van der Waals surface area contributed by atoms with Crippen molar-refractivity contribution in [1.29, 1.82) is 0 Å². The van der Waals surface area contributed by atoms with Crippen LogP contribution in [0.2, 0.25) is 0 Å². The molecule has 14 heavy (non-hydrogen) atoms. The lowest BCUT2D eigenvalue weighted by atomic mass is 10.2. The summed E-state index contributed by atoms with van der Waals surface area (Å²) in [6.45, 7) is 1.75. The Balaban J connectivity index is 2.43. The first-order chi connectivity index (χ1) is 6.72. The minimum Gasteiger partial charge on any atom is -0.396 e. The van der Waals surface area contributed by atoms with E-state index in [4.69, 9.17) is 5.11 Å². The fraction of sp³-hybridized carbons (Fsp3) is 0.455. The van der Waals surface area contributed by atoms with Gasteiger partial charge in [-0.1, -0.05) is 12.1 Å². The van der Waals surface area contributed by atoms with Crippen molar-refractivity contribution in [2.45, 2.75) is 13.0 Å². The molecule has 1 aromatic carbocycles. The zero-order chi connectivity index (χ0) is 10.4. The highest BCUT2D eigenvalue weighted by molar-refractivity contribution is 5.15. The van der Waals surface area contributed by atoms with E-state index in [0.717, 1.165) is 25.1 Å². The lowest BCUT2D eigenvalue weighted by Crippen LogP contribution is -2.19. The second-order valence-electron chi connectivity index (χ2n) is 3.44. The molecule has 1 aromatic rings. The maximum Gasteiger partial charge on any atom is 0.123 e. The molecule has 0 unspecified atom stereocenters. The summed E-state index contributed by atoms with van der Waals surface area (Å²) in [5.41, 5.74) is 0.963. The summed E-state index contributed by atoms with van der Waals surface area (Å²) < 4.78 is 12.8. The van der Waals surface area contributed by atoms with Crippen LogP contribution in [0.1, 0.15) is 12.0 Å². The molecule has 1 N–H and O–H groups in total. The van der Waals surface area contributed by atoms with E-state index >= 15 is 0 Å². The summed E-state index contributed by atoms with van der Waals surface area (Å²) in [4.78, 5) is 2.06. The van der Waals surface area contributed by atoms with Crippen LogP contribution < -0.4 is 0 Å². The van der Waals surface area contributed by atoms with Crippen molar-refractivity contribution in [3.63, 3.8) is 0 Å². The van der Waals surface area contributed by atoms with E-state index in [2.05, 4.69) is 4.90 Å². The number of nitrogens with zero attached hydrogens (tertiary/aromatic N) is 1. The van der Waals surface area contributed by atoms with Gasteiger partial charge in [0.2, 0.25) is 0 Å². The van der Waals surface area contributed by atoms with Crippen LogP contribution in [0.25, 0.3) is 0 Å². The number of halogens is 1. The third-order valence-electron chi connectivity index (χ3n) is 2.04. The highest BCUT2D eigenvalue weighted by Crippen LogP contribution is 2.06. The molecule has 0 saturated carbocycles. The lowest BCUT2D eigenvalue weighted by molar-refractivity contribution is 0.244. The van der Waals surface area contributed by atoms with E-state index in [1.54, 1.807) is 6.07 Å². The predicted molar refractivity (Wildman–Crippen MR) is 54.4 cm³/mol. The Bertz CT molecular complexity index is 278. The Kier molecular flexibility index (Phi) is 4.56. The third kappa shape index (κ3) is 3.85. The SMILES string of the molecule is CN(CCCO)Cc1cccc(F)c1. The molecular weight excluding hydrogens is 181 g/mol. The third-order valence-corrected chi connectivity index (χ3v) is 2.04. The zero-order valence-corrected chi connectivity index (χ0v) is 8.41. The molecule has 0 aromatic heterocycles. The molecule has 0 amide bonds. The maximum atomic E-state index is 12.8. The van der Waals surface area contributed by atoms with E-state index in [1.807, 2.05) is 13.1 Å². The van der Waals surface area contributed by atoms with Gasteiger partial charge in [-0.3, -0.25) is 0 Å². The molecule has 0 aliphatic heterocycles. The van der Waals surface area contributed by atoms with Gasteiger partial charge in [-0.2, -0.15) is 0 Å². The minimum atomic E-state index is -0.196. The van der Waals surface area contributed by atoms with Gasteiger partial charge in [-0.25, -0.2) is 4.39 Å². The summed E-state index contributed by atoms with van der Waals surface area (Å²) in [6, 6.07) is 6.59. The number of aliphatic hydroxyl groups excluding tert-OH is 1. The Morgan fingerprint density at radius 1 is 1.43 bits per heavy atom. The topological polar surface area (TPSA) is 23.5 Å². The molecule has 0 spiro atoms. The number of rotatable bonds is 5. The lowest BCUT2D eigenvalue weighted by Gasteiger charge is -2.15. The normalized spacial score (nSPS) is 10.9. The minimum absolute atomic E-state index is 0.196. The molecule has 0 fully saturated rings. The summed E-state index contributed by atoms with van der Waals surface area (Å²) >= 11 is 0. The molecule has 0 atom stereocenters. The standard InChI is InChI=1S/C11H16FNO/c1-13(6-3-7-14)9-10-4-2-5-11(12)8-10/h2,4-5,8,14H,3,6-7,9H2,1H3. The Morgan fingerprint density at radius 3 is 2.86 bits per heavy atom. The average Bonchev–Trinajstić information content (AvgIpc) is 2.15. The molecule has 0 radical (unpaired) electrons. The molecule has 2 nitrogen and oxygen atoms in total. The van der Waals surface area contributed by atoms with Gasteiger partial charge < -0.3 is 10.0 Å². The highest BCUT2D eigenvalue weighted by atomic mass is 19.1. The van der Waals surface area contributed by atoms with E-state index in [0.29, 0.717) is 0 Å². The van der Waals surface area contributed by atoms with Crippen LogP contribution in [0.3, 0.4) is 0 Å². The summed E-state index contributed by atoms with van der Waals surface area (Å²) in [6.07, 6.45) is 0.756. The van der Waals surface area contributed by atoms with Gasteiger partial charge >= 0.3 is 0 Å². The van der Waals surface area contributed by atoms with E-state index in [1.165, 1.54) is 12.1 Å². The summed E-state index contributed by atoms with van der Waals surface area (Å²) in [5, 5.41) is 8.64. The number of benzene rings is 1. The van der Waals surface area contributed by atoms with Gasteiger partial charge in [0.15, 0.2) is 0 Å². The first-order valence-corrected chi connectivity index (χ1v) is 4.76. The van der Waals surface area contributed by atoms with Crippen molar-refractivity contribution in [1.82, 2.24) is 4.90 Å². The van der Waals surface area contributed by atoms with Crippen molar-refractivity contribution in [2.75, 3.05) is 20.2 Å². The van der Waals surface area contributed by atoms with Crippen molar-refractivity contribution in [3.05, 3.63) is 35.6 Å². The fourth-order valence-electron chi connectivity index (χ4n) is 1.37. The van der Waals surface area contributed by atoms with Gasteiger partial charge in [0.05, 0.1) is 0 Å². The smallest absolute Gasteiger partial charge is 0.123 e. The van der Waals surface area contributed by atoms with Gasteiger partial charge in [-0.05, 0) is 31.2 Å². The Hall–Kier alpha value is -0.930. The van der Waals surface area contributed by atoms with E-state index < -0.39 is 0 Å². The first kappa shape index (κ1) is 11.1. The largest absolute Gasteiger partial charge is 0.396 e. The molecular formula is C11H16FNO. The molecule has 0 bridgehead atoms. The van der Waals surface area contributed by atoms with Crippen LogP contribution in [-0.4, -0.2) is 30.2 Å².